The van der Waals surface area contributed by atoms with Crippen molar-refractivity contribution in [3.05, 3.63) is 41.0 Å². The second-order valence-electron chi connectivity index (χ2n) is 9.86. The van der Waals surface area contributed by atoms with Gasteiger partial charge in [0.1, 0.15) is 27.5 Å². The van der Waals surface area contributed by atoms with E-state index in [1.54, 1.807) is 12.1 Å². The van der Waals surface area contributed by atoms with Gasteiger partial charge in [-0.1, -0.05) is 19.9 Å². The first-order chi connectivity index (χ1) is 17.8. The van der Waals surface area contributed by atoms with Crippen molar-refractivity contribution in [1.82, 2.24) is 14.9 Å². The molecule has 1 atom stereocenters. The molecule has 1 aliphatic rings. The monoisotopic (exact) mass is 554 g/mol. The summed E-state index contributed by atoms with van der Waals surface area (Å²) in [5, 5.41) is 12.4. The molecule has 1 amide bonds. The number of aryl methyl sites for hydroxylation is 1. The van der Waals surface area contributed by atoms with E-state index < -0.39 is 27.8 Å². The lowest BCUT2D eigenvalue weighted by molar-refractivity contribution is -0.169. The highest BCUT2D eigenvalue weighted by molar-refractivity contribution is 7.91. The predicted octanol–water partition coefficient (Wildman–Crippen LogP) is 4.39. The van der Waals surface area contributed by atoms with Gasteiger partial charge in [-0.05, 0) is 55.7 Å². The van der Waals surface area contributed by atoms with Crippen LogP contribution < -0.4 is 10.1 Å². The number of methoxy groups -OCH3 is 1. The van der Waals surface area contributed by atoms with Crippen LogP contribution in [-0.4, -0.2) is 55.2 Å². The molecule has 38 heavy (non-hydrogen) atoms. The highest BCUT2D eigenvalue weighted by atomic mass is 32.2. The van der Waals surface area contributed by atoms with Gasteiger partial charge >= 0.3 is 6.18 Å². The number of imidazole rings is 1. The fourth-order valence-electron chi connectivity index (χ4n) is 4.81. The van der Waals surface area contributed by atoms with Crippen LogP contribution in [0, 0.1) is 23.2 Å². The number of amides is 1. The van der Waals surface area contributed by atoms with Gasteiger partial charge in [-0.25, -0.2) is 13.4 Å². The molecule has 8 nitrogen and oxygen atoms in total. The standard InChI is InChI=1S/C26H33F3N4O4S/c1-5-23-32-24(25(34)31-15-17-6-9-19(10-7-17)38(4,35)36)21(14-30)33(23)20-11-8-18(13-22(20)37-3)12-16(2)26(27,28)29/h8,11,13,16-17,19H,5-7,9-10,12,15H2,1-4H3,(H,31,34)/t16?,17-,19-. The van der Waals surface area contributed by atoms with Crippen LogP contribution in [0.3, 0.4) is 0 Å². The zero-order valence-electron chi connectivity index (χ0n) is 21.9. The van der Waals surface area contributed by atoms with Crippen molar-refractivity contribution >= 4 is 15.7 Å². The first-order valence-corrected chi connectivity index (χ1v) is 14.5. The predicted molar refractivity (Wildman–Crippen MR) is 136 cm³/mol. The van der Waals surface area contributed by atoms with Gasteiger partial charge in [-0.15, -0.1) is 0 Å². The van der Waals surface area contributed by atoms with Crippen molar-refractivity contribution < 1.29 is 31.1 Å². The van der Waals surface area contributed by atoms with Crippen LogP contribution in [0.5, 0.6) is 5.75 Å². The first-order valence-electron chi connectivity index (χ1n) is 12.5. The number of nitrogens with zero attached hydrogens (tertiary/aromatic N) is 3. The number of ether oxygens (including phenoxy) is 1. The molecule has 1 heterocycles. The van der Waals surface area contributed by atoms with E-state index in [-0.39, 0.29) is 34.7 Å². The zero-order valence-corrected chi connectivity index (χ0v) is 22.7. The third kappa shape index (κ3) is 6.67. The SMILES string of the molecule is CCc1nc(C(=O)NC[C@H]2CC[C@H](S(C)(=O)=O)CC2)c(C#N)n1-c1ccc(CC(C)C(F)(F)F)cc1OC. The number of rotatable bonds is 9. The summed E-state index contributed by atoms with van der Waals surface area (Å²) in [6.07, 6.45) is -0.471. The average Bonchev–Trinajstić information content (AvgIpc) is 3.25. The molecule has 1 fully saturated rings. The lowest BCUT2D eigenvalue weighted by Crippen LogP contribution is -2.34. The summed E-state index contributed by atoms with van der Waals surface area (Å²) in [6.45, 7) is 3.26. The number of aromatic nitrogens is 2. The molecule has 2 aromatic rings. The molecular weight excluding hydrogens is 521 g/mol. The Balaban J connectivity index is 1.83. The van der Waals surface area contributed by atoms with Crippen molar-refractivity contribution in [3.8, 4) is 17.5 Å². The molecule has 1 aliphatic carbocycles. The van der Waals surface area contributed by atoms with Crippen LogP contribution in [0.15, 0.2) is 18.2 Å². The molecule has 208 valence electrons. The first kappa shape index (κ1) is 29.5. The van der Waals surface area contributed by atoms with Gasteiger partial charge in [0.25, 0.3) is 5.91 Å². The Labute approximate surface area is 221 Å². The maximum atomic E-state index is 13.1. The van der Waals surface area contributed by atoms with E-state index in [4.69, 9.17) is 4.74 Å². The minimum Gasteiger partial charge on any atom is -0.495 e. The smallest absolute Gasteiger partial charge is 0.391 e. The van der Waals surface area contributed by atoms with E-state index in [2.05, 4.69) is 10.3 Å². The van der Waals surface area contributed by atoms with E-state index in [9.17, 15) is 31.6 Å². The van der Waals surface area contributed by atoms with Gasteiger partial charge in [-0.2, -0.15) is 18.4 Å². The second kappa shape index (κ2) is 11.8. The summed E-state index contributed by atoms with van der Waals surface area (Å²) in [4.78, 5) is 17.5. The second-order valence-corrected chi connectivity index (χ2v) is 12.2. The van der Waals surface area contributed by atoms with E-state index in [0.717, 1.165) is 6.92 Å². The molecule has 1 saturated carbocycles. The molecule has 1 unspecified atom stereocenters. The molecule has 1 aromatic carbocycles. The van der Waals surface area contributed by atoms with Crippen LogP contribution in [0.25, 0.3) is 5.69 Å². The summed E-state index contributed by atoms with van der Waals surface area (Å²) in [7, 11) is -1.70. The zero-order chi connectivity index (χ0) is 28.3. The minimum absolute atomic E-state index is 0.00477. The van der Waals surface area contributed by atoms with Gasteiger partial charge < -0.3 is 10.1 Å². The van der Waals surface area contributed by atoms with Gasteiger partial charge in [0.15, 0.2) is 11.4 Å². The normalized spacial score (nSPS) is 19.0. The third-order valence-electron chi connectivity index (χ3n) is 7.12. The van der Waals surface area contributed by atoms with Gasteiger partial charge in [0, 0.05) is 19.2 Å². The molecule has 12 heteroatoms. The lowest BCUT2D eigenvalue weighted by atomic mass is 9.89. The van der Waals surface area contributed by atoms with E-state index in [0.29, 0.717) is 55.7 Å². The number of carbonyl (C=O) groups excluding carboxylic acids is 1. The summed E-state index contributed by atoms with van der Waals surface area (Å²) in [6, 6.07) is 6.67. The summed E-state index contributed by atoms with van der Waals surface area (Å²) in [5.74, 6) is -1.24. The summed E-state index contributed by atoms with van der Waals surface area (Å²) >= 11 is 0. The van der Waals surface area contributed by atoms with Gasteiger partial charge in [0.05, 0.1) is 24.0 Å². The van der Waals surface area contributed by atoms with Crippen molar-refractivity contribution in [1.29, 1.82) is 5.26 Å². The summed E-state index contributed by atoms with van der Waals surface area (Å²) in [5.41, 5.74) is 0.770. The van der Waals surface area contributed by atoms with Crippen LogP contribution in [-0.2, 0) is 22.7 Å². The number of alkyl halides is 3. The van der Waals surface area contributed by atoms with E-state index >= 15 is 0 Å². The maximum absolute atomic E-state index is 13.1. The molecule has 3 rings (SSSR count). The van der Waals surface area contributed by atoms with Crippen molar-refractivity contribution in [3.63, 3.8) is 0 Å². The topological polar surface area (TPSA) is 114 Å². The fourth-order valence-corrected chi connectivity index (χ4v) is 5.94. The van der Waals surface area contributed by atoms with Gasteiger partial charge in [-0.3, -0.25) is 9.36 Å². The Morgan fingerprint density at radius 1 is 1.29 bits per heavy atom. The van der Waals surface area contributed by atoms with Crippen LogP contribution in [0.1, 0.15) is 67.1 Å². The Morgan fingerprint density at radius 3 is 2.47 bits per heavy atom. The number of hydrogen-bond acceptors (Lipinski definition) is 6. The molecule has 0 saturated heterocycles. The van der Waals surface area contributed by atoms with Gasteiger partial charge in [0.2, 0.25) is 0 Å². The summed E-state index contributed by atoms with van der Waals surface area (Å²) < 4.78 is 69.6. The highest BCUT2D eigenvalue weighted by Gasteiger charge is 2.36. The molecule has 1 N–H and O–H groups in total. The van der Waals surface area contributed by atoms with E-state index in [1.807, 2.05) is 13.0 Å². The Hall–Kier alpha value is -3.07. The number of nitriles is 1. The number of nitrogens with one attached hydrogen (secondary N) is 1. The average molecular weight is 555 g/mol. The molecule has 0 radical (unpaired) electrons. The molecule has 0 bridgehead atoms. The van der Waals surface area contributed by atoms with Crippen LogP contribution in [0.2, 0.25) is 0 Å². The Morgan fingerprint density at radius 2 is 1.95 bits per heavy atom. The number of halogens is 3. The largest absolute Gasteiger partial charge is 0.495 e. The van der Waals surface area contributed by atoms with E-state index in [1.165, 1.54) is 24.0 Å². The highest BCUT2D eigenvalue weighted by Crippen LogP contribution is 2.33. The Kier molecular flexibility index (Phi) is 9.13. The fraction of sp³-hybridized carbons (Fsp3) is 0.577. The van der Waals surface area contributed by atoms with Crippen molar-refractivity contribution in [2.24, 2.45) is 11.8 Å². The third-order valence-corrected chi connectivity index (χ3v) is 8.80. The number of hydrogen-bond donors (Lipinski definition) is 1. The van der Waals surface area contributed by atoms with Crippen LogP contribution in [0.4, 0.5) is 13.2 Å². The number of benzene rings is 1. The van der Waals surface area contributed by atoms with Crippen molar-refractivity contribution in [2.75, 3.05) is 19.9 Å². The van der Waals surface area contributed by atoms with Crippen molar-refractivity contribution in [2.45, 2.75) is 63.8 Å². The molecule has 0 aliphatic heterocycles. The van der Waals surface area contributed by atoms with Crippen LogP contribution >= 0.6 is 0 Å². The molecule has 0 spiro atoms. The Bertz CT molecular complexity index is 1310. The number of sulfone groups is 1. The molecule has 1 aromatic heterocycles. The quantitative estimate of drug-likeness (QED) is 0.492. The molecular formula is C26H33F3N4O4S. The number of carbonyl (C=O) groups is 1. The lowest BCUT2D eigenvalue weighted by Gasteiger charge is -2.27. The maximum Gasteiger partial charge on any atom is 0.391 e. The minimum atomic E-state index is -4.32.